The molecule has 1 aliphatic rings. The fraction of sp³-hybridized carbons (Fsp3) is 0.778. The molecular formula is C9H13NO2. The lowest BCUT2D eigenvalue weighted by Crippen LogP contribution is -2.18. The Balaban J connectivity index is 2.15. The molecule has 3 nitrogen and oxygen atoms in total. The molecule has 1 heterocycles. The van der Waals surface area contributed by atoms with Crippen LogP contribution in [0.15, 0.2) is 0 Å². The predicted octanol–water partition coefficient (Wildman–Crippen LogP) is 1.43. The Kier molecular flexibility index (Phi) is 3.75. The number of rotatable bonds is 4. The van der Waals surface area contributed by atoms with E-state index in [2.05, 4.69) is 0 Å². The number of Topliss-reactive ketones (excluding diaryl/α,β-unsaturated/α-hetero) is 1. The molecule has 0 aliphatic carbocycles. The first-order valence-corrected chi connectivity index (χ1v) is 4.36. The van der Waals surface area contributed by atoms with Gasteiger partial charge in [0.1, 0.15) is 6.10 Å². The van der Waals surface area contributed by atoms with Crippen LogP contribution in [0.25, 0.3) is 0 Å². The fourth-order valence-electron chi connectivity index (χ4n) is 1.33. The summed E-state index contributed by atoms with van der Waals surface area (Å²) in [4.78, 5) is 11.3. The summed E-state index contributed by atoms with van der Waals surface area (Å²) in [6, 6.07) is 2.02. The van der Waals surface area contributed by atoms with Gasteiger partial charge >= 0.3 is 0 Å². The zero-order chi connectivity index (χ0) is 8.81. The molecule has 0 spiro atoms. The van der Waals surface area contributed by atoms with E-state index in [1.807, 2.05) is 6.07 Å². The van der Waals surface area contributed by atoms with Gasteiger partial charge in [-0.15, -0.1) is 0 Å². The minimum atomic E-state index is -0.163. The van der Waals surface area contributed by atoms with Gasteiger partial charge in [0.05, 0.1) is 6.07 Å². The fourth-order valence-corrected chi connectivity index (χ4v) is 1.33. The monoisotopic (exact) mass is 167 g/mol. The first kappa shape index (κ1) is 9.21. The van der Waals surface area contributed by atoms with Crippen LogP contribution in [0.4, 0.5) is 0 Å². The van der Waals surface area contributed by atoms with Gasteiger partial charge in [-0.3, -0.25) is 4.79 Å². The summed E-state index contributed by atoms with van der Waals surface area (Å²) < 4.78 is 5.21. The van der Waals surface area contributed by atoms with Crippen molar-refractivity contribution in [3.63, 3.8) is 0 Å². The van der Waals surface area contributed by atoms with Gasteiger partial charge in [-0.1, -0.05) is 0 Å². The first-order valence-electron chi connectivity index (χ1n) is 4.36. The average molecular weight is 167 g/mol. The molecule has 1 saturated heterocycles. The largest absolute Gasteiger partial charge is 0.370 e. The molecule has 1 fully saturated rings. The van der Waals surface area contributed by atoms with Crippen molar-refractivity contribution in [3.8, 4) is 6.07 Å². The summed E-state index contributed by atoms with van der Waals surface area (Å²) in [5.74, 6) is 0.169. The number of carbonyl (C=O) groups excluding carboxylic acids is 1. The molecule has 0 radical (unpaired) electrons. The Labute approximate surface area is 72.3 Å². The SMILES string of the molecule is N#CCCCC(=O)C1CCCO1. The molecule has 0 aromatic carbocycles. The summed E-state index contributed by atoms with van der Waals surface area (Å²) >= 11 is 0. The summed E-state index contributed by atoms with van der Waals surface area (Å²) in [6.45, 7) is 0.717. The summed E-state index contributed by atoms with van der Waals surface area (Å²) in [7, 11) is 0. The standard InChI is InChI=1S/C9H13NO2/c10-6-2-1-4-8(11)9-5-3-7-12-9/h9H,1-5,7H2. The van der Waals surface area contributed by atoms with E-state index in [1.54, 1.807) is 0 Å². The van der Waals surface area contributed by atoms with Gasteiger partial charge in [-0.25, -0.2) is 0 Å². The Hall–Kier alpha value is -0.880. The van der Waals surface area contributed by atoms with Crippen molar-refractivity contribution in [2.75, 3.05) is 6.61 Å². The molecule has 1 aliphatic heterocycles. The molecule has 12 heavy (non-hydrogen) atoms. The maximum atomic E-state index is 11.3. The van der Waals surface area contributed by atoms with E-state index in [0.29, 0.717) is 25.9 Å². The zero-order valence-corrected chi connectivity index (χ0v) is 7.08. The van der Waals surface area contributed by atoms with Crippen molar-refractivity contribution < 1.29 is 9.53 Å². The van der Waals surface area contributed by atoms with Crippen LogP contribution in [0.2, 0.25) is 0 Å². The van der Waals surface area contributed by atoms with Crippen molar-refractivity contribution in [2.45, 2.75) is 38.2 Å². The lowest BCUT2D eigenvalue weighted by molar-refractivity contribution is -0.127. The van der Waals surface area contributed by atoms with Gasteiger partial charge in [0.2, 0.25) is 0 Å². The van der Waals surface area contributed by atoms with Crippen LogP contribution in [0.3, 0.4) is 0 Å². The van der Waals surface area contributed by atoms with E-state index < -0.39 is 0 Å². The minimum absolute atomic E-state index is 0.163. The smallest absolute Gasteiger partial charge is 0.161 e. The first-order chi connectivity index (χ1) is 5.84. The van der Waals surface area contributed by atoms with Crippen molar-refractivity contribution in [2.24, 2.45) is 0 Å². The number of ketones is 1. The predicted molar refractivity (Wildman–Crippen MR) is 43.4 cm³/mol. The second-order valence-corrected chi connectivity index (χ2v) is 2.98. The third-order valence-corrected chi connectivity index (χ3v) is 2.00. The van der Waals surface area contributed by atoms with Crippen LogP contribution in [-0.4, -0.2) is 18.5 Å². The Bertz CT molecular complexity index is 189. The van der Waals surface area contributed by atoms with E-state index in [1.165, 1.54) is 0 Å². The molecule has 1 rings (SSSR count). The Morgan fingerprint density at radius 2 is 2.50 bits per heavy atom. The van der Waals surface area contributed by atoms with E-state index >= 15 is 0 Å². The second kappa shape index (κ2) is 4.89. The van der Waals surface area contributed by atoms with Gasteiger partial charge in [0.15, 0.2) is 5.78 Å². The number of hydrogen-bond donors (Lipinski definition) is 0. The third-order valence-electron chi connectivity index (χ3n) is 2.00. The van der Waals surface area contributed by atoms with E-state index in [9.17, 15) is 4.79 Å². The number of nitrogens with zero attached hydrogens (tertiary/aromatic N) is 1. The highest BCUT2D eigenvalue weighted by Gasteiger charge is 2.22. The zero-order valence-electron chi connectivity index (χ0n) is 7.08. The van der Waals surface area contributed by atoms with Crippen LogP contribution in [0.5, 0.6) is 0 Å². The molecule has 0 aromatic rings. The number of carbonyl (C=O) groups is 1. The number of unbranched alkanes of at least 4 members (excludes halogenated alkanes) is 1. The van der Waals surface area contributed by atoms with Gasteiger partial charge in [-0.05, 0) is 19.3 Å². The van der Waals surface area contributed by atoms with Gasteiger partial charge in [0, 0.05) is 19.4 Å². The van der Waals surface area contributed by atoms with Crippen molar-refractivity contribution >= 4 is 5.78 Å². The molecule has 0 saturated carbocycles. The van der Waals surface area contributed by atoms with Crippen molar-refractivity contribution in [1.82, 2.24) is 0 Å². The summed E-state index contributed by atoms with van der Waals surface area (Å²) in [6.07, 6.45) is 3.34. The summed E-state index contributed by atoms with van der Waals surface area (Å²) in [5.41, 5.74) is 0. The topological polar surface area (TPSA) is 50.1 Å². The van der Waals surface area contributed by atoms with E-state index in [4.69, 9.17) is 10.00 Å². The molecule has 1 atom stereocenters. The molecule has 1 unspecified atom stereocenters. The van der Waals surface area contributed by atoms with Gasteiger partial charge in [0.25, 0.3) is 0 Å². The minimum Gasteiger partial charge on any atom is -0.370 e. The molecule has 0 aromatic heterocycles. The molecule has 0 N–H and O–H groups in total. The van der Waals surface area contributed by atoms with E-state index in [0.717, 1.165) is 12.8 Å². The average Bonchev–Trinajstić information content (AvgIpc) is 2.56. The number of ether oxygens (including phenoxy) is 1. The second-order valence-electron chi connectivity index (χ2n) is 2.98. The van der Waals surface area contributed by atoms with Crippen molar-refractivity contribution in [1.29, 1.82) is 5.26 Å². The summed E-state index contributed by atoms with van der Waals surface area (Å²) in [5, 5.41) is 8.25. The number of hydrogen-bond acceptors (Lipinski definition) is 3. The third kappa shape index (κ3) is 2.63. The Morgan fingerprint density at radius 1 is 1.67 bits per heavy atom. The molecule has 0 amide bonds. The highest BCUT2D eigenvalue weighted by molar-refractivity contribution is 5.83. The lowest BCUT2D eigenvalue weighted by atomic mass is 10.1. The van der Waals surface area contributed by atoms with Crippen LogP contribution in [-0.2, 0) is 9.53 Å². The van der Waals surface area contributed by atoms with Crippen LogP contribution < -0.4 is 0 Å². The van der Waals surface area contributed by atoms with E-state index in [-0.39, 0.29) is 11.9 Å². The van der Waals surface area contributed by atoms with Gasteiger partial charge < -0.3 is 4.74 Å². The molecule has 66 valence electrons. The Morgan fingerprint density at radius 3 is 3.08 bits per heavy atom. The highest BCUT2D eigenvalue weighted by Crippen LogP contribution is 2.15. The van der Waals surface area contributed by atoms with Crippen LogP contribution in [0.1, 0.15) is 32.1 Å². The van der Waals surface area contributed by atoms with Crippen molar-refractivity contribution in [3.05, 3.63) is 0 Å². The van der Waals surface area contributed by atoms with Crippen LogP contribution in [0, 0.1) is 11.3 Å². The maximum Gasteiger partial charge on any atom is 0.161 e. The van der Waals surface area contributed by atoms with Crippen LogP contribution >= 0.6 is 0 Å². The van der Waals surface area contributed by atoms with Gasteiger partial charge in [-0.2, -0.15) is 5.26 Å². The normalized spacial score (nSPS) is 22.1. The molecule has 0 bridgehead atoms. The number of nitriles is 1. The quantitative estimate of drug-likeness (QED) is 0.595. The lowest BCUT2D eigenvalue weighted by Gasteiger charge is -2.05. The molecular weight excluding hydrogens is 154 g/mol. The highest BCUT2D eigenvalue weighted by atomic mass is 16.5. The molecule has 3 heteroatoms. The maximum absolute atomic E-state index is 11.3.